The van der Waals surface area contributed by atoms with E-state index in [9.17, 15) is 0 Å². The van der Waals surface area contributed by atoms with Crippen LogP contribution in [0, 0.1) is 0 Å². The average Bonchev–Trinajstić information content (AvgIpc) is 2.89. The lowest BCUT2D eigenvalue weighted by Crippen LogP contribution is -2.40. The van der Waals surface area contributed by atoms with Crippen molar-refractivity contribution in [1.29, 1.82) is 0 Å². The third-order valence-electron chi connectivity index (χ3n) is 3.54. The van der Waals surface area contributed by atoms with Crippen molar-refractivity contribution < 1.29 is 0 Å². The Labute approximate surface area is 142 Å². The van der Waals surface area contributed by atoms with Gasteiger partial charge in [-0.1, -0.05) is 6.92 Å². The molecular formula is C14H25IN4S. The highest BCUT2D eigenvalue weighted by Gasteiger charge is 2.21. The highest BCUT2D eigenvalue weighted by atomic mass is 127. The van der Waals surface area contributed by atoms with Gasteiger partial charge in [-0.15, -0.1) is 35.3 Å². The van der Waals surface area contributed by atoms with E-state index in [1.54, 1.807) is 4.88 Å². The van der Waals surface area contributed by atoms with Gasteiger partial charge in [-0.25, -0.2) is 0 Å². The minimum absolute atomic E-state index is 0. The zero-order valence-electron chi connectivity index (χ0n) is 12.3. The van der Waals surface area contributed by atoms with Gasteiger partial charge in [0.1, 0.15) is 0 Å². The third-order valence-corrected chi connectivity index (χ3v) is 4.57. The van der Waals surface area contributed by atoms with Crippen LogP contribution in [0.2, 0.25) is 0 Å². The maximum atomic E-state index is 5.82. The van der Waals surface area contributed by atoms with E-state index in [-0.39, 0.29) is 24.0 Å². The lowest BCUT2D eigenvalue weighted by molar-refractivity contribution is 0.197. The number of nitrogens with two attached hydrogens (primary N) is 1. The number of halogens is 1. The molecule has 1 aliphatic heterocycles. The van der Waals surface area contributed by atoms with Gasteiger partial charge in [0.15, 0.2) is 5.96 Å². The number of aliphatic imine (C=N–C) groups is 1. The van der Waals surface area contributed by atoms with Crippen LogP contribution in [0.25, 0.3) is 0 Å². The Morgan fingerprint density at radius 3 is 3.15 bits per heavy atom. The number of rotatable bonds is 5. The SMILES string of the molecule is CCCNC(N)=NCC(C)N1CCc2sccc2C1.I. The summed E-state index contributed by atoms with van der Waals surface area (Å²) in [5.41, 5.74) is 7.31. The summed E-state index contributed by atoms with van der Waals surface area (Å²) in [6, 6.07) is 2.69. The lowest BCUT2D eigenvalue weighted by atomic mass is 10.1. The van der Waals surface area contributed by atoms with E-state index < -0.39 is 0 Å². The first-order chi connectivity index (χ1) is 9.20. The summed E-state index contributed by atoms with van der Waals surface area (Å²) in [6.07, 6.45) is 2.24. The summed E-state index contributed by atoms with van der Waals surface area (Å²) in [5, 5.41) is 5.31. The van der Waals surface area contributed by atoms with Crippen molar-refractivity contribution in [1.82, 2.24) is 10.2 Å². The fourth-order valence-electron chi connectivity index (χ4n) is 2.30. The van der Waals surface area contributed by atoms with Crippen molar-refractivity contribution in [2.24, 2.45) is 10.7 Å². The maximum Gasteiger partial charge on any atom is 0.188 e. The first-order valence-corrected chi connectivity index (χ1v) is 7.91. The molecule has 2 heterocycles. The molecule has 0 amide bonds. The third kappa shape index (κ3) is 4.89. The Morgan fingerprint density at radius 1 is 1.60 bits per heavy atom. The molecule has 114 valence electrons. The van der Waals surface area contributed by atoms with Gasteiger partial charge in [0, 0.05) is 30.6 Å². The molecular weight excluding hydrogens is 383 g/mol. The fraction of sp³-hybridized carbons (Fsp3) is 0.643. The van der Waals surface area contributed by atoms with Gasteiger partial charge in [-0.2, -0.15) is 0 Å². The molecule has 0 spiro atoms. The molecule has 6 heteroatoms. The van der Waals surface area contributed by atoms with Crippen molar-refractivity contribution in [2.75, 3.05) is 19.6 Å². The van der Waals surface area contributed by atoms with Crippen LogP contribution < -0.4 is 11.1 Å². The molecule has 0 aromatic carbocycles. The summed E-state index contributed by atoms with van der Waals surface area (Å²) in [5.74, 6) is 0.571. The molecule has 2 rings (SSSR count). The molecule has 0 saturated carbocycles. The Bertz CT molecular complexity index is 433. The molecule has 1 aromatic rings. The largest absolute Gasteiger partial charge is 0.370 e. The number of nitrogens with one attached hydrogen (secondary N) is 1. The Hall–Kier alpha value is -0.340. The summed E-state index contributed by atoms with van der Waals surface area (Å²) >= 11 is 1.88. The van der Waals surface area contributed by atoms with Crippen LogP contribution in [-0.4, -0.2) is 36.5 Å². The van der Waals surface area contributed by atoms with Gasteiger partial charge in [0.2, 0.25) is 0 Å². The topological polar surface area (TPSA) is 53.6 Å². The van der Waals surface area contributed by atoms with Crippen molar-refractivity contribution in [3.63, 3.8) is 0 Å². The highest BCUT2D eigenvalue weighted by Crippen LogP contribution is 2.25. The van der Waals surface area contributed by atoms with Crippen LogP contribution >= 0.6 is 35.3 Å². The van der Waals surface area contributed by atoms with Crippen LogP contribution in [0.1, 0.15) is 30.7 Å². The fourth-order valence-corrected chi connectivity index (χ4v) is 3.19. The first kappa shape index (κ1) is 17.7. The predicted octanol–water partition coefficient (Wildman–Crippen LogP) is 2.43. The van der Waals surface area contributed by atoms with Gasteiger partial charge >= 0.3 is 0 Å². The summed E-state index contributed by atoms with van der Waals surface area (Å²) in [7, 11) is 0. The molecule has 20 heavy (non-hydrogen) atoms. The molecule has 0 radical (unpaired) electrons. The average molecular weight is 408 g/mol. The number of nitrogens with zero attached hydrogens (tertiary/aromatic N) is 2. The van der Waals surface area contributed by atoms with Gasteiger partial charge in [-0.3, -0.25) is 9.89 Å². The Balaban J connectivity index is 0.00000200. The monoisotopic (exact) mass is 408 g/mol. The smallest absolute Gasteiger partial charge is 0.188 e. The zero-order chi connectivity index (χ0) is 13.7. The van der Waals surface area contributed by atoms with E-state index in [4.69, 9.17) is 5.73 Å². The Kier molecular flexibility index (Phi) is 7.83. The first-order valence-electron chi connectivity index (χ1n) is 7.03. The van der Waals surface area contributed by atoms with E-state index >= 15 is 0 Å². The minimum atomic E-state index is 0. The predicted molar refractivity (Wildman–Crippen MR) is 98.1 cm³/mol. The molecule has 1 aliphatic rings. The number of hydrogen-bond acceptors (Lipinski definition) is 3. The quantitative estimate of drug-likeness (QED) is 0.447. The second-order valence-corrected chi connectivity index (χ2v) is 6.09. The van der Waals surface area contributed by atoms with Crippen molar-refractivity contribution >= 4 is 41.3 Å². The molecule has 0 fully saturated rings. The highest BCUT2D eigenvalue weighted by molar-refractivity contribution is 14.0. The number of hydrogen-bond donors (Lipinski definition) is 2. The summed E-state index contributed by atoms with van der Waals surface area (Å²) in [6.45, 7) is 8.20. The van der Waals surface area contributed by atoms with E-state index in [0.717, 1.165) is 32.6 Å². The summed E-state index contributed by atoms with van der Waals surface area (Å²) < 4.78 is 0. The van der Waals surface area contributed by atoms with Crippen LogP contribution in [0.4, 0.5) is 0 Å². The zero-order valence-corrected chi connectivity index (χ0v) is 15.4. The number of guanidine groups is 1. The van der Waals surface area contributed by atoms with Crippen LogP contribution in [0.3, 0.4) is 0 Å². The van der Waals surface area contributed by atoms with Gasteiger partial charge < -0.3 is 11.1 Å². The standard InChI is InChI=1S/C14H24N4S.HI/c1-3-6-16-14(15)17-9-11(2)18-7-4-13-12(10-18)5-8-19-13;/h5,8,11H,3-4,6-7,9-10H2,1-2H3,(H3,15,16,17);1H. The molecule has 1 aromatic heterocycles. The van der Waals surface area contributed by atoms with Crippen molar-refractivity contribution in [3.05, 3.63) is 21.9 Å². The Morgan fingerprint density at radius 2 is 2.40 bits per heavy atom. The molecule has 4 nitrogen and oxygen atoms in total. The molecule has 0 saturated heterocycles. The summed E-state index contributed by atoms with van der Waals surface area (Å²) in [4.78, 5) is 8.47. The molecule has 3 N–H and O–H groups in total. The molecule has 1 atom stereocenters. The molecule has 0 aliphatic carbocycles. The second kappa shape index (κ2) is 8.84. The number of thiophene rings is 1. The molecule has 1 unspecified atom stereocenters. The van der Waals surface area contributed by atoms with Crippen LogP contribution in [0.5, 0.6) is 0 Å². The van der Waals surface area contributed by atoms with Gasteiger partial charge in [-0.05, 0) is 36.8 Å². The molecule has 0 bridgehead atoms. The minimum Gasteiger partial charge on any atom is -0.370 e. The van der Waals surface area contributed by atoms with Crippen LogP contribution in [-0.2, 0) is 13.0 Å². The maximum absolute atomic E-state index is 5.82. The van der Waals surface area contributed by atoms with Crippen molar-refractivity contribution in [2.45, 2.75) is 39.3 Å². The lowest BCUT2D eigenvalue weighted by Gasteiger charge is -2.31. The number of fused-ring (bicyclic) bond motifs is 1. The van der Waals surface area contributed by atoms with Gasteiger partial charge in [0.25, 0.3) is 0 Å². The van der Waals surface area contributed by atoms with Crippen molar-refractivity contribution in [3.8, 4) is 0 Å². The van der Waals surface area contributed by atoms with Gasteiger partial charge in [0.05, 0.1) is 6.54 Å². The normalized spacial score (nSPS) is 17.2. The van der Waals surface area contributed by atoms with Crippen LogP contribution in [0.15, 0.2) is 16.4 Å². The van der Waals surface area contributed by atoms with E-state index in [1.165, 1.54) is 12.0 Å². The van der Waals surface area contributed by atoms with E-state index in [0.29, 0.717) is 12.0 Å². The second-order valence-electron chi connectivity index (χ2n) is 5.09. The van der Waals surface area contributed by atoms with E-state index in [2.05, 4.69) is 40.5 Å². The van der Waals surface area contributed by atoms with E-state index in [1.807, 2.05) is 11.3 Å².